The molecule has 0 aromatic carbocycles. The Morgan fingerprint density at radius 3 is 2.06 bits per heavy atom. The summed E-state index contributed by atoms with van der Waals surface area (Å²) < 4.78 is 110. The van der Waals surface area contributed by atoms with Gasteiger partial charge in [-0.3, -0.25) is 0 Å². The molecule has 1 aliphatic rings. The van der Waals surface area contributed by atoms with Gasteiger partial charge in [-0.05, 0) is 19.3 Å². The predicted octanol–water partition coefficient (Wildman–Crippen LogP) is 1.70. The highest BCUT2D eigenvalue weighted by Gasteiger charge is 2.52. The van der Waals surface area contributed by atoms with E-state index < -0.39 is 57.7 Å². The number of hydrogen-bond acceptors (Lipinski definition) is 9. The molecule has 192 valence electrons. The molecule has 0 aromatic rings. The molecule has 0 aliphatic carbocycles. The maximum Gasteiger partial charge on any atom is 0.495 e. The molecule has 0 saturated carbocycles. The van der Waals surface area contributed by atoms with Gasteiger partial charge in [0.2, 0.25) is 0 Å². The van der Waals surface area contributed by atoms with Crippen LogP contribution in [-0.2, 0) is 33.2 Å². The number of hydrogen-bond donors (Lipinski definition) is 2. The quantitative estimate of drug-likeness (QED) is 0.169. The topological polar surface area (TPSA) is 105 Å². The monoisotopic (exact) mass is 490 g/mol. The molecular weight excluding hydrogens is 462 g/mol. The van der Waals surface area contributed by atoms with Crippen molar-refractivity contribution in [2.24, 2.45) is 0 Å². The molecule has 0 amide bonds. The molecule has 15 heteroatoms. The van der Waals surface area contributed by atoms with Gasteiger partial charge in [0.1, 0.15) is 19.3 Å². The van der Waals surface area contributed by atoms with Gasteiger partial charge in [0.15, 0.2) is 6.29 Å². The Kier molecular flexibility index (Phi) is 13.2. The standard InChI is InChI=1S/C17H28F6O9/c18-15(19,11-27-6-4-24)31-17(22,23)32-16(20,21)12-28-10-13(25)9-26-7-8-30-14-3-1-2-5-29-14/h13-14,24-25H,1-12H2. The highest BCUT2D eigenvalue weighted by Crippen LogP contribution is 2.33. The van der Waals surface area contributed by atoms with E-state index >= 15 is 0 Å². The Hall–Kier alpha value is -0.780. The van der Waals surface area contributed by atoms with Crippen molar-refractivity contribution >= 4 is 0 Å². The summed E-state index contributed by atoms with van der Waals surface area (Å²) in [5.74, 6) is 0. The molecule has 0 aromatic heterocycles. The van der Waals surface area contributed by atoms with E-state index in [1.165, 1.54) is 0 Å². The third-order valence-electron chi connectivity index (χ3n) is 3.60. The lowest BCUT2D eigenvalue weighted by Gasteiger charge is -2.26. The number of halogens is 6. The van der Waals surface area contributed by atoms with E-state index in [9.17, 15) is 31.4 Å². The van der Waals surface area contributed by atoms with Crippen molar-refractivity contribution in [2.45, 2.75) is 50.2 Å². The maximum absolute atomic E-state index is 13.4. The summed E-state index contributed by atoms with van der Waals surface area (Å²) >= 11 is 0. The van der Waals surface area contributed by atoms with Crippen LogP contribution in [0.5, 0.6) is 0 Å². The fraction of sp³-hybridized carbons (Fsp3) is 1.00. The van der Waals surface area contributed by atoms with Crippen molar-refractivity contribution < 1.29 is 69.7 Å². The molecule has 0 bridgehead atoms. The van der Waals surface area contributed by atoms with Gasteiger partial charge in [0.25, 0.3) is 0 Å². The largest absolute Gasteiger partial charge is 0.495 e. The van der Waals surface area contributed by atoms with Crippen LogP contribution in [0.15, 0.2) is 0 Å². The minimum atomic E-state index is -5.39. The SMILES string of the molecule is OCCOCC(F)(F)OC(F)(F)OC(F)(F)COCC(O)COCCOC1CCCCO1. The second kappa shape index (κ2) is 14.5. The zero-order valence-electron chi connectivity index (χ0n) is 17.2. The molecule has 0 radical (unpaired) electrons. The van der Waals surface area contributed by atoms with E-state index in [4.69, 9.17) is 19.3 Å². The average Bonchev–Trinajstić information content (AvgIpc) is 2.66. The van der Waals surface area contributed by atoms with Crippen molar-refractivity contribution in [3.8, 4) is 0 Å². The van der Waals surface area contributed by atoms with Crippen LogP contribution in [0.4, 0.5) is 26.3 Å². The van der Waals surface area contributed by atoms with Gasteiger partial charge in [-0.1, -0.05) is 0 Å². The molecule has 9 nitrogen and oxygen atoms in total. The van der Waals surface area contributed by atoms with Gasteiger partial charge >= 0.3 is 18.5 Å². The summed E-state index contributed by atoms with van der Waals surface area (Å²) in [6, 6.07) is 0. The molecule has 1 heterocycles. The molecule has 2 unspecified atom stereocenters. The Labute approximate surface area is 180 Å². The van der Waals surface area contributed by atoms with Crippen LogP contribution in [0, 0.1) is 0 Å². The molecule has 0 spiro atoms. The lowest BCUT2D eigenvalue weighted by molar-refractivity contribution is -0.518. The smallest absolute Gasteiger partial charge is 0.394 e. The third kappa shape index (κ3) is 14.4. The minimum Gasteiger partial charge on any atom is -0.394 e. The van der Waals surface area contributed by atoms with Crippen LogP contribution in [0.3, 0.4) is 0 Å². The van der Waals surface area contributed by atoms with Gasteiger partial charge in [-0.2, -0.15) is 17.6 Å². The minimum absolute atomic E-state index is 0.0793. The van der Waals surface area contributed by atoms with Crippen LogP contribution in [0.2, 0.25) is 0 Å². The summed E-state index contributed by atoms with van der Waals surface area (Å²) in [5.41, 5.74) is 0. The normalized spacial score (nSPS) is 19.3. The Bertz CT molecular complexity index is 495. The van der Waals surface area contributed by atoms with Gasteiger partial charge < -0.3 is 33.9 Å². The van der Waals surface area contributed by atoms with E-state index in [1.54, 1.807) is 0 Å². The van der Waals surface area contributed by atoms with Crippen LogP contribution in [0.1, 0.15) is 19.3 Å². The molecule has 1 fully saturated rings. The molecule has 1 rings (SSSR count). The molecule has 2 N–H and O–H groups in total. The summed E-state index contributed by atoms with van der Waals surface area (Å²) in [4.78, 5) is 0. The Balaban J connectivity index is 2.19. The first-order valence-corrected chi connectivity index (χ1v) is 9.74. The van der Waals surface area contributed by atoms with E-state index in [0.29, 0.717) is 6.61 Å². The first kappa shape index (κ1) is 29.3. The lowest BCUT2D eigenvalue weighted by Crippen LogP contribution is -2.44. The van der Waals surface area contributed by atoms with Crippen molar-refractivity contribution in [3.63, 3.8) is 0 Å². The molecule has 32 heavy (non-hydrogen) atoms. The Morgan fingerprint density at radius 2 is 1.47 bits per heavy atom. The zero-order valence-corrected chi connectivity index (χ0v) is 17.2. The highest BCUT2D eigenvalue weighted by atomic mass is 19.3. The van der Waals surface area contributed by atoms with Gasteiger partial charge in [0, 0.05) is 6.61 Å². The van der Waals surface area contributed by atoms with Crippen LogP contribution in [0.25, 0.3) is 0 Å². The van der Waals surface area contributed by atoms with Gasteiger partial charge in [0.05, 0.1) is 39.6 Å². The average molecular weight is 490 g/mol. The van der Waals surface area contributed by atoms with Crippen molar-refractivity contribution in [1.82, 2.24) is 0 Å². The second-order valence-electron chi connectivity index (χ2n) is 6.63. The second-order valence-corrected chi connectivity index (χ2v) is 6.63. The lowest BCUT2D eigenvalue weighted by atomic mass is 10.2. The summed E-state index contributed by atoms with van der Waals surface area (Å²) in [6.07, 6.45) is -13.8. The third-order valence-corrected chi connectivity index (χ3v) is 3.60. The number of ether oxygens (including phenoxy) is 7. The predicted molar refractivity (Wildman–Crippen MR) is 92.1 cm³/mol. The van der Waals surface area contributed by atoms with Crippen molar-refractivity contribution in [1.29, 1.82) is 0 Å². The summed E-state index contributed by atoms with van der Waals surface area (Å²) in [5, 5.41) is 17.9. The molecule has 1 saturated heterocycles. The fourth-order valence-electron chi connectivity index (χ4n) is 2.35. The number of aliphatic hydroxyl groups is 2. The zero-order chi connectivity index (χ0) is 24.1. The summed E-state index contributed by atoms with van der Waals surface area (Å²) in [6.45, 7) is -4.97. The Morgan fingerprint density at radius 1 is 0.844 bits per heavy atom. The highest BCUT2D eigenvalue weighted by molar-refractivity contribution is 4.59. The molecule has 2 atom stereocenters. The first-order chi connectivity index (χ1) is 14.9. The number of rotatable bonds is 18. The van der Waals surface area contributed by atoms with Crippen LogP contribution >= 0.6 is 0 Å². The van der Waals surface area contributed by atoms with E-state index in [1.807, 2.05) is 0 Å². The summed E-state index contributed by atoms with van der Waals surface area (Å²) in [7, 11) is 0. The first-order valence-electron chi connectivity index (χ1n) is 9.74. The van der Waals surface area contributed by atoms with E-state index in [0.717, 1.165) is 19.3 Å². The van der Waals surface area contributed by atoms with Crippen molar-refractivity contribution in [3.05, 3.63) is 0 Å². The molecule has 1 aliphatic heterocycles. The van der Waals surface area contributed by atoms with Crippen LogP contribution < -0.4 is 0 Å². The molecular formula is C17H28F6O9. The van der Waals surface area contributed by atoms with Crippen LogP contribution in [-0.4, -0.2) is 101 Å². The number of alkyl halides is 6. The van der Waals surface area contributed by atoms with Gasteiger partial charge in [-0.15, -0.1) is 8.78 Å². The van der Waals surface area contributed by atoms with Crippen molar-refractivity contribution in [2.75, 3.05) is 59.5 Å². The maximum atomic E-state index is 13.4. The van der Waals surface area contributed by atoms with E-state index in [2.05, 4.69) is 18.9 Å². The fourth-order valence-corrected chi connectivity index (χ4v) is 2.35. The van der Waals surface area contributed by atoms with E-state index in [-0.39, 0.29) is 26.1 Å². The number of aliphatic hydroxyl groups excluding tert-OH is 2. The van der Waals surface area contributed by atoms with Gasteiger partial charge in [-0.25, -0.2) is 9.47 Å².